The van der Waals surface area contributed by atoms with Gasteiger partial charge in [-0.2, -0.15) is 8.42 Å². The van der Waals surface area contributed by atoms with Crippen LogP contribution in [0.15, 0.2) is 39.0 Å². The number of carbonyl (C=O) groups is 1. The van der Waals surface area contributed by atoms with Gasteiger partial charge in [0.1, 0.15) is 11.4 Å². The fourth-order valence-electron chi connectivity index (χ4n) is 2.72. The maximum absolute atomic E-state index is 12.8. The van der Waals surface area contributed by atoms with Crippen LogP contribution < -0.4 is 0 Å². The Morgan fingerprint density at radius 1 is 1.29 bits per heavy atom. The Balaban J connectivity index is 1.88. The third-order valence-corrected chi connectivity index (χ3v) is 5.59. The number of nitrogens with zero attached hydrogens (tertiary/aromatic N) is 4. The Hall–Kier alpha value is -2.13. The fraction of sp³-hybridized carbons (Fsp3) is 0.467. The molecule has 1 aromatic rings. The van der Waals surface area contributed by atoms with Crippen LogP contribution in [0.25, 0.3) is 0 Å². The van der Waals surface area contributed by atoms with Gasteiger partial charge in [-0.25, -0.2) is 4.31 Å². The predicted molar refractivity (Wildman–Crippen MR) is 88.7 cm³/mol. The van der Waals surface area contributed by atoms with Crippen molar-refractivity contribution in [3.63, 3.8) is 0 Å². The van der Waals surface area contributed by atoms with E-state index in [0.29, 0.717) is 18.8 Å². The highest BCUT2D eigenvalue weighted by atomic mass is 32.2. The zero-order chi connectivity index (χ0) is 17.3. The van der Waals surface area contributed by atoms with Gasteiger partial charge in [-0.1, -0.05) is 6.92 Å². The number of likely N-dealkylation sites (N-methyl/N-ethyl adjacent to an activating group) is 2. The summed E-state index contributed by atoms with van der Waals surface area (Å²) in [5, 5.41) is 0. The molecule has 0 radical (unpaired) electrons. The van der Waals surface area contributed by atoms with E-state index in [1.165, 1.54) is 19.4 Å². The number of hydrogen-bond donors (Lipinski definition) is 0. The number of piperazine rings is 1. The molecule has 0 spiro atoms. The first kappa shape index (κ1) is 16.7. The Morgan fingerprint density at radius 2 is 2.00 bits per heavy atom. The number of carbonyl (C=O) groups excluding carboxylic acids is 1. The molecule has 0 N–H and O–H groups in total. The SMILES string of the molecule is CCN1CCN(C(=O)C2=CC(c3ccco3)=NS(=O)(=O)N2C)CC1. The van der Waals surface area contributed by atoms with E-state index in [-0.39, 0.29) is 17.3 Å². The van der Waals surface area contributed by atoms with Crippen molar-refractivity contribution in [1.29, 1.82) is 0 Å². The summed E-state index contributed by atoms with van der Waals surface area (Å²) in [5.74, 6) is 0.00330. The van der Waals surface area contributed by atoms with Gasteiger partial charge in [-0.15, -0.1) is 4.40 Å². The zero-order valence-electron chi connectivity index (χ0n) is 13.7. The van der Waals surface area contributed by atoms with E-state index < -0.39 is 10.2 Å². The first-order chi connectivity index (χ1) is 11.4. The maximum Gasteiger partial charge on any atom is 0.345 e. The van der Waals surface area contributed by atoms with Gasteiger partial charge in [0.05, 0.1) is 6.26 Å². The Kier molecular flexibility index (Phi) is 4.46. The van der Waals surface area contributed by atoms with Crippen LogP contribution >= 0.6 is 0 Å². The second-order valence-electron chi connectivity index (χ2n) is 5.66. The van der Waals surface area contributed by atoms with Gasteiger partial charge in [0.2, 0.25) is 0 Å². The van der Waals surface area contributed by atoms with Crippen molar-refractivity contribution in [3.05, 3.63) is 35.9 Å². The van der Waals surface area contributed by atoms with Gasteiger partial charge in [0.15, 0.2) is 5.76 Å². The Bertz CT molecular complexity index is 774. The van der Waals surface area contributed by atoms with Gasteiger partial charge in [0, 0.05) is 33.2 Å². The van der Waals surface area contributed by atoms with Gasteiger partial charge >= 0.3 is 10.2 Å². The Labute approximate surface area is 141 Å². The van der Waals surface area contributed by atoms with Crippen molar-refractivity contribution in [1.82, 2.24) is 14.1 Å². The van der Waals surface area contributed by atoms with E-state index in [4.69, 9.17) is 4.42 Å². The summed E-state index contributed by atoms with van der Waals surface area (Å²) in [6.07, 6.45) is 2.90. The average molecular weight is 352 g/mol. The van der Waals surface area contributed by atoms with E-state index in [9.17, 15) is 13.2 Å². The van der Waals surface area contributed by atoms with Crippen molar-refractivity contribution < 1.29 is 17.6 Å². The van der Waals surface area contributed by atoms with Crippen molar-refractivity contribution in [2.24, 2.45) is 4.40 Å². The van der Waals surface area contributed by atoms with Crippen molar-refractivity contribution in [2.45, 2.75) is 6.92 Å². The topological polar surface area (TPSA) is 86.4 Å². The largest absolute Gasteiger partial charge is 0.463 e. The lowest BCUT2D eigenvalue weighted by Gasteiger charge is -2.35. The van der Waals surface area contributed by atoms with Crippen LogP contribution in [-0.2, 0) is 15.0 Å². The molecule has 0 atom stereocenters. The molecule has 0 saturated carbocycles. The molecule has 0 aromatic carbocycles. The molecule has 0 unspecified atom stereocenters. The number of amides is 1. The smallest absolute Gasteiger partial charge is 0.345 e. The van der Waals surface area contributed by atoms with E-state index in [1.54, 1.807) is 17.0 Å². The molecule has 8 nitrogen and oxygen atoms in total. The maximum atomic E-state index is 12.8. The van der Waals surface area contributed by atoms with Crippen LogP contribution in [0.5, 0.6) is 0 Å². The third kappa shape index (κ3) is 3.09. The standard InChI is InChI=1S/C15H20N4O4S/c1-3-18-6-8-19(9-7-18)15(20)13-11-12(14-5-4-10-23-14)16-24(21,22)17(13)2/h4-5,10-11H,3,6-9H2,1-2H3. The van der Waals surface area contributed by atoms with E-state index >= 15 is 0 Å². The fourth-order valence-corrected chi connectivity index (χ4v) is 3.62. The summed E-state index contributed by atoms with van der Waals surface area (Å²) >= 11 is 0. The molecule has 2 aliphatic rings. The number of hydrogen-bond acceptors (Lipinski definition) is 5. The summed E-state index contributed by atoms with van der Waals surface area (Å²) < 4.78 is 34.4. The monoisotopic (exact) mass is 352 g/mol. The quantitative estimate of drug-likeness (QED) is 0.781. The molecule has 1 amide bonds. The van der Waals surface area contributed by atoms with E-state index in [2.05, 4.69) is 16.2 Å². The second-order valence-corrected chi connectivity index (χ2v) is 7.28. The molecule has 130 valence electrons. The predicted octanol–water partition coefficient (Wildman–Crippen LogP) is 0.307. The van der Waals surface area contributed by atoms with Gasteiger partial charge in [-0.3, -0.25) is 4.79 Å². The molecule has 1 saturated heterocycles. The first-order valence-corrected chi connectivity index (χ1v) is 9.18. The minimum Gasteiger partial charge on any atom is -0.463 e. The number of furan rings is 1. The lowest BCUT2D eigenvalue weighted by molar-refractivity contribution is -0.129. The molecule has 24 heavy (non-hydrogen) atoms. The molecule has 3 heterocycles. The van der Waals surface area contributed by atoms with Crippen LogP contribution in [0.3, 0.4) is 0 Å². The van der Waals surface area contributed by atoms with Gasteiger partial charge in [-0.05, 0) is 24.8 Å². The molecule has 1 aromatic heterocycles. The second kappa shape index (κ2) is 6.40. The summed E-state index contributed by atoms with van der Waals surface area (Å²) in [7, 11) is -2.61. The molecule has 1 fully saturated rings. The first-order valence-electron chi connectivity index (χ1n) is 7.78. The van der Waals surface area contributed by atoms with Crippen LogP contribution in [-0.4, -0.2) is 73.9 Å². The highest BCUT2D eigenvalue weighted by Gasteiger charge is 2.33. The summed E-state index contributed by atoms with van der Waals surface area (Å²) in [6, 6.07) is 3.25. The summed E-state index contributed by atoms with van der Waals surface area (Å²) in [6.45, 7) is 5.73. The van der Waals surface area contributed by atoms with Crippen LogP contribution in [0.1, 0.15) is 12.7 Å². The molecular weight excluding hydrogens is 332 g/mol. The minimum absolute atomic E-state index is 0.0846. The Morgan fingerprint density at radius 3 is 2.58 bits per heavy atom. The summed E-state index contributed by atoms with van der Waals surface area (Å²) in [5.41, 5.74) is 0.218. The van der Waals surface area contributed by atoms with Crippen LogP contribution in [0.2, 0.25) is 0 Å². The molecular formula is C15H20N4O4S. The van der Waals surface area contributed by atoms with Gasteiger partial charge < -0.3 is 14.2 Å². The summed E-state index contributed by atoms with van der Waals surface area (Å²) in [4.78, 5) is 16.7. The molecule has 0 bridgehead atoms. The van der Waals surface area contributed by atoms with E-state index in [1.807, 2.05) is 0 Å². The molecule has 9 heteroatoms. The highest BCUT2D eigenvalue weighted by Crippen LogP contribution is 2.21. The lowest BCUT2D eigenvalue weighted by atomic mass is 10.2. The average Bonchev–Trinajstić information content (AvgIpc) is 3.11. The number of rotatable bonds is 3. The van der Waals surface area contributed by atoms with Crippen LogP contribution in [0.4, 0.5) is 0 Å². The van der Waals surface area contributed by atoms with Crippen molar-refractivity contribution >= 4 is 21.8 Å². The van der Waals surface area contributed by atoms with Crippen molar-refractivity contribution in [3.8, 4) is 0 Å². The third-order valence-electron chi connectivity index (χ3n) is 4.27. The molecule has 2 aliphatic heterocycles. The van der Waals surface area contributed by atoms with E-state index in [0.717, 1.165) is 23.9 Å². The van der Waals surface area contributed by atoms with Crippen molar-refractivity contribution in [2.75, 3.05) is 39.8 Å². The van der Waals surface area contributed by atoms with Crippen LogP contribution in [0, 0.1) is 0 Å². The molecule has 0 aliphatic carbocycles. The van der Waals surface area contributed by atoms with Gasteiger partial charge in [0.25, 0.3) is 5.91 Å². The highest BCUT2D eigenvalue weighted by molar-refractivity contribution is 7.88. The normalized spacial score (nSPS) is 21.4. The minimum atomic E-state index is -3.95. The number of allylic oxidation sites excluding steroid dienone is 1. The lowest BCUT2D eigenvalue weighted by Crippen LogP contribution is -2.50. The zero-order valence-corrected chi connectivity index (χ0v) is 14.5. The molecule has 3 rings (SSSR count).